The lowest BCUT2D eigenvalue weighted by molar-refractivity contribution is 0.102. The third kappa shape index (κ3) is 2.82. The van der Waals surface area contributed by atoms with E-state index in [2.05, 4.69) is 10.3 Å². The first-order chi connectivity index (χ1) is 9.09. The summed E-state index contributed by atoms with van der Waals surface area (Å²) < 4.78 is 0. The molecule has 0 saturated carbocycles. The first-order valence-electron chi connectivity index (χ1n) is 5.88. The van der Waals surface area contributed by atoms with Crippen LogP contribution in [-0.4, -0.2) is 25.0 Å². The van der Waals surface area contributed by atoms with Crippen LogP contribution in [0.3, 0.4) is 0 Å². The SMILES string of the molecule is CN(C)c1ccccc1NC(=O)c1cccnc1N. The van der Waals surface area contributed by atoms with Gasteiger partial charge in [0.1, 0.15) is 5.82 Å². The minimum atomic E-state index is -0.264. The Balaban J connectivity index is 2.27. The van der Waals surface area contributed by atoms with Gasteiger partial charge in [-0.1, -0.05) is 12.1 Å². The molecule has 1 aromatic heterocycles. The largest absolute Gasteiger partial charge is 0.383 e. The highest BCUT2D eigenvalue weighted by Gasteiger charge is 2.12. The number of hydrogen-bond donors (Lipinski definition) is 2. The van der Waals surface area contributed by atoms with Crippen LogP contribution in [0.25, 0.3) is 0 Å². The van der Waals surface area contributed by atoms with Gasteiger partial charge in [0.25, 0.3) is 5.91 Å². The quantitative estimate of drug-likeness (QED) is 0.881. The molecule has 0 fully saturated rings. The van der Waals surface area contributed by atoms with Gasteiger partial charge in [-0.05, 0) is 24.3 Å². The molecule has 1 amide bonds. The number of aromatic nitrogens is 1. The van der Waals surface area contributed by atoms with E-state index in [0.717, 1.165) is 11.4 Å². The predicted octanol–water partition coefficient (Wildman–Crippen LogP) is 1.98. The summed E-state index contributed by atoms with van der Waals surface area (Å²) in [6.45, 7) is 0. The van der Waals surface area contributed by atoms with Gasteiger partial charge in [0, 0.05) is 20.3 Å². The molecule has 0 unspecified atom stereocenters. The molecule has 0 spiro atoms. The van der Waals surface area contributed by atoms with Crippen molar-refractivity contribution in [2.45, 2.75) is 0 Å². The number of hydrogen-bond acceptors (Lipinski definition) is 4. The number of para-hydroxylation sites is 2. The van der Waals surface area contributed by atoms with E-state index < -0.39 is 0 Å². The molecule has 2 aromatic rings. The Morgan fingerprint density at radius 2 is 1.95 bits per heavy atom. The Kier molecular flexibility index (Phi) is 3.66. The highest BCUT2D eigenvalue weighted by molar-refractivity contribution is 6.08. The van der Waals surface area contributed by atoms with E-state index in [1.54, 1.807) is 18.3 Å². The molecule has 0 bridgehead atoms. The summed E-state index contributed by atoms with van der Waals surface area (Å²) >= 11 is 0. The number of benzene rings is 1. The maximum absolute atomic E-state index is 12.2. The maximum atomic E-state index is 12.2. The van der Waals surface area contributed by atoms with Crippen molar-refractivity contribution in [1.82, 2.24) is 4.98 Å². The molecule has 0 atom stereocenters. The summed E-state index contributed by atoms with van der Waals surface area (Å²) in [5.74, 6) is -0.0396. The minimum absolute atomic E-state index is 0.224. The van der Waals surface area contributed by atoms with Crippen molar-refractivity contribution in [2.75, 3.05) is 30.0 Å². The van der Waals surface area contributed by atoms with Gasteiger partial charge < -0.3 is 16.0 Å². The Hall–Kier alpha value is -2.56. The maximum Gasteiger partial charge on any atom is 0.259 e. The van der Waals surface area contributed by atoms with E-state index in [-0.39, 0.29) is 11.7 Å². The van der Waals surface area contributed by atoms with Crippen molar-refractivity contribution >= 4 is 23.1 Å². The fourth-order valence-corrected chi connectivity index (χ4v) is 1.77. The van der Waals surface area contributed by atoms with E-state index in [4.69, 9.17) is 5.73 Å². The molecule has 1 aromatic carbocycles. The molecule has 3 N–H and O–H groups in total. The number of nitrogens with two attached hydrogens (primary N) is 1. The Bertz CT molecular complexity index is 596. The Morgan fingerprint density at radius 3 is 2.63 bits per heavy atom. The van der Waals surface area contributed by atoms with Crippen LogP contribution in [0.4, 0.5) is 17.2 Å². The monoisotopic (exact) mass is 256 g/mol. The summed E-state index contributed by atoms with van der Waals surface area (Å²) in [5.41, 5.74) is 7.73. The number of nitrogen functional groups attached to an aromatic ring is 1. The number of anilines is 3. The second-order valence-electron chi connectivity index (χ2n) is 4.30. The second-order valence-corrected chi connectivity index (χ2v) is 4.30. The van der Waals surface area contributed by atoms with Gasteiger partial charge in [0.05, 0.1) is 16.9 Å². The third-order valence-electron chi connectivity index (χ3n) is 2.72. The number of nitrogens with one attached hydrogen (secondary N) is 1. The molecule has 2 rings (SSSR count). The van der Waals surface area contributed by atoms with Crippen molar-refractivity contribution < 1.29 is 4.79 Å². The van der Waals surface area contributed by atoms with E-state index in [1.807, 2.05) is 43.3 Å². The second kappa shape index (κ2) is 5.39. The number of nitrogens with zero attached hydrogens (tertiary/aromatic N) is 2. The molecule has 0 aliphatic carbocycles. The molecule has 98 valence electrons. The normalized spacial score (nSPS) is 10.0. The van der Waals surface area contributed by atoms with Crippen LogP contribution in [0.15, 0.2) is 42.6 Å². The van der Waals surface area contributed by atoms with E-state index >= 15 is 0 Å². The lowest BCUT2D eigenvalue weighted by atomic mass is 10.2. The van der Waals surface area contributed by atoms with Gasteiger partial charge in [-0.25, -0.2) is 4.98 Å². The Morgan fingerprint density at radius 1 is 1.21 bits per heavy atom. The number of rotatable bonds is 3. The molecule has 19 heavy (non-hydrogen) atoms. The van der Waals surface area contributed by atoms with Gasteiger partial charge in [0.2, 0.25) is 0 Å². The molecule has 0 radical (unpaired) electrons. The topological polar surface area (TPSA) is 71.2 Å². The summed E-state index contributed by atoms with van der Waals surface area (Å²) in [6, 6.07) is 10.9. The van der Waals surface area contributed by atoms with E-state index in [0.29, 0.717) is 5.56 Å². The third-order valence-corrected chi connectivity index (χ3v) is 2.72. The summed E-state index contributed by atoms with van der Waals surface area (Å²) in [6.07, 6.45) is 1.56. The van der Waals surface area contributed by atoms with E-state index in [9.17, 15) is 4.79 Å². The molecule has 0 aliphatic rings. The van der Waals surface area contributed by atoms with Gasteiger partial charge in [-0.2, -0.15) is 0 Å². The van der Waals surface area contributed by atoms with Crippen LogP contribution in [0.2, 0.25) is 0 Å². The summed E-state index contributed by atoms with van der Waals surface area (Å²) in [5, 5.41) is 2.85. The molecule has 0 saturated heterocycles. The number of carbonyl (C=O) groups is 1. The smallest absolute Gasteiger partial charge is 0.259 e. The lowest BCUT2D eigenvalue weighted by Gasteiger charge is -2.17. The first-order valence-corrected chi connectivity index (χ1v) is 5.88. The minimum Gasteiger partial charge on any atom is -0.383 e. The van der Waals surface area contributed by atoms with Gasteiger partial charge in [0.15, 0.2) is 0 Å². The zero-order valence-corrected chi connectivity index (χ0v) is 10.9. The number of carbonyl (C=O) groups excluding carboxylic acids is 1. The van der Waals surface area contributed by atoms with Crippen LogP contribution in [0, 0.1) is 0 Å². The predicted molar refractivity (Wildman–Crippen MR) is 77.4 cm³/mol. The first kappa shape index (κ1) is 12.9. The lowest BCUT2D eigenvalue weighted by Crippen LogP contribution is -2.18. The number of amides is 1. The van der Waals surface area contributed by atoms with Gasteiger partial charge >= 0.3 is 0 Å². The van der Waals surface area contributed by atoms with E-state index in [1.165, 1.54) is 0 Å². The zero-order chi connectivity index (χ0) is 13.8. The molecule has 0 aliphatic heterocycles. The van der Waals surface area contributed by atoms with Crippen molar-refractivity contribution in [1.29, 1.82) is 0 Å². The number of pyridine rings is 1. The van der Waals surface area contributed by atoms with Gasteiger partial charge in [-0.3, -0.25) is 4.79 Å². The van der Waals surface area contributed by atoms with Crippen LogP contribution in [0.1, 0.15) is 10.4 Å². The van der Waals surface area contributed by atoms with Crippen molar-refractivity contribution in [3.63, 3.8) is 0 Å². The molecular weight excluding hydrogens is 240 g/mol. The van der Waals surface area contributed by atoms with Gasteiger partial charge in [-0.15, -0.1) is 0 Å². The van der Waals surface area contributed by atoms with Crippen molar-refractivity contribution in [3.8, 4) is 0 Å². The van der Waals surface area contributed by atoms with Crippen LogP contribution in [-0.2, 0) is 0 Å². The summed E-state index contributed by atoms with van der Waals surface area (Å²) in [4.78, 5) is 18.0. The average molecular weight is 256 g/mol. The highest BCUT2D eigenvalue weighted by Crippen LogP contribution is 2.24. The fourth-order valence-electron chi connectivity index (χ4n) is 1.77. The molecule has 1 heterocycles. The fraction of sp³-hybridized carbons (Fsp3) is 0.143. The molecule has 5 heteroatoms. The van der Waals surface area contributed by atoms with Crippen LogP contribution < -0.4 is 16.0 Å². The standard InChI is InChI=1S/C14H16N4O/c1-18(2)12-8-4-3-7-11(12)17-14(19)10-6-5-9-16-13(10)15/h3-9H,1-2H3,(H2,15,16)(H,17,19). The highest BCUT2D eigenvalue weighted by atomic mass is 16.1. The van der Waals surface area contributed by atoms with Crippen LogP contribution in [0.5, 0.6) is 0 Å². The Labute approximate surface area is 112 Å². The summed E-state index contributed by atoms with van der Waals surface area (Å²) in [7, 11) is 3.84. The van der Waals surface area contributed by atoms with Crippen molar-refractivity contribution in [2.24, 2.45) is 0 Å². The molecule has 5 nitrogen and oxygen atoms in total. The molecular formula is C14H16N4O. The van der Waals surface area contributed by atoms with Crippen LogP contribution >= 0.6 is 0 Å². The van der Waals surface area contributed by atoms with Crippen molar-refractivity contribution in [3.05, 3.63) is 48.2 Å². The zero-order valence-electron chi connectivity index (χ0n) is 10.9. The average Bonchev–Trinajstić information content (AvgIpc) is 2.39.